The zero-order valence-electron chi connectivity index (χ0n) is 9.32. The molecule has 0 aliphatic heterocycles. The van der Waals surface area contributed by atoms with Crippen LogP contribution >= 0.6 is 15.9 Å². The fourth-order valence-corrected chi connectivity index (χ4v) is 1.97. The highest BCUT2D eigenvalue weighted by atomic mass is 79.9. The molecule has 0 bridgehead atoms. The van der Waals surface area contributed by atoms with Gasteiger partial charge in [-0.25, -0.2) is 4.98 Å². The van der Waals surface area contributed by atoms with E-state index in [1.807, 2.05) is 30.3 Å². The molecule has 18 heavy (non-hydrogen) atoms. The molecule has 1 aromatic carbocycles. The van der Waals surface area contributed by atoms with Gasteiger partial charge in [-0.3, -0.25) is 4.40 Å². The van der Waals surface area contributed by atoms with Crippen LogP contribution in [0.25, 0.3) is 5.65 Å². The normalized spacial score (nSPS) is 10.7. The Morgan fingerprint density at radius 2 is 2.06 bits per heavy atom. The molecule has 2 aromatic heterocycles. The van der Waals surface area contributed by atoms with E-state index in [2.05, 4.69) is 31.1 Å². The van der Waals surface area contributed by atoms with Crippen molar-refractivity contribution in [3.63, 3.8) is 0 Å². The van der Waals surface area contributed by atoms with Crippen molar-refractivity contribution < 1.29 is 4.74 Å². The highest BCUT2D eigenvalue weighted by molar-refractivity contribution is 9.10. The lowest BCUT2D eigenvalue weighted by atomic mass is 10.2. The van der Waals surface area contributed by atoms with Crippen molar-refractivity contribution in [1.82, 2.24) is 19.6 Å². The Morgan fingerprint density at radius 1 is 1.22 bits per heavy atom. The topological polar surface area (TPSA) is 52.3 Å². The van der Waals surface area contributed by atoms with Gasteiger partial charge in [0.05, 0.1) is 6.20 Å². The molecule has 3 aromatic rings. The van der Waals surface area contributed by atoms with Crippen molar-refractivity contribution in [2.24, 2.45) is 0 Å². The maximum atomic E-state index is 5.71. The summed E-state index contributed by atoms with van der Waals surface area (Å²) in [5, 5.41) is 7.85. The Balaban J connectivity index is 1.87. The monoisotopic (exact) mass is 304 g/mol. The Bertz CT molecular complexity index is 668. The van der Waals surface area contributed by atoms with Crippen molar-refractivity contribution in [1.29, 1.82) is 0 Å². The van der Waals surface area contributed by atoms with Crippen molar-refractivity contribution in [2.75, 3.05) is 0 Å². The SMILES string of the molecule is Brc1ncc(OCc2ccccc2)c2nncn12. The lowest BCUT2D eigenvalue weighted by molar-refractivity contribution is 0.306. The number of aromatic nitrogens is 4. The molecule has 5 nitrogen and oxygen atoms in total. The zero-order valence-corrected chi connectivity index (χ0v) is 10.9. The molecule has 2 heterocycles. The van der Waals surface area contributed by atoms with Crippen molar-refractivity contribution in [3.05, 3.63) is 53.2 Å². The fourth-order valence-electron chi connectivity index (χ4n) is 1.61. The molecule has 0 radical (unpaired) electrons. The molecule has 0 aliphatic carbocycles. The zero-order chi connectivity index (χ0) is 12.4. The van der Waals surface area contributed by atoms with Crippen LogP contribution in [-0.4, -0.2) is 19.6 Å². The van der Waals surface area contributed by atoms with Gasteiger partial charge < -0.3 is 4.74 Å². The maximum Gasteiger partial charge on any atom is 0.206 e. The minimum absolute atomic E-state index is 0.479. The molecule has 90 valence electrons. The summed E-state index contributed by atoms with van der Waals surface area (Å²) in [4.78, 5) is 4.17. The quantitative estimate of drug-likeness (QED) is 0.698. The lowest BCUT2D eigenvalue weighted by Gasteiger charge is -2.07. The molecule has 0 aliphatic rings. The summed E-state index contributed by atoms with van der Waals surface area (Å²) >= 11 is 3.32. The molecule has 0 fully saturated rings. The van der Waals surface area contributed by atoms with Crippen LogP contribution in [0.5, 0.6) is 5.75 Å². The second-order valence-corrected chi connectivity index (χ2v) is 4.40. The summed E-state index contributed by atoms with van der Waals surface area (Å²) in [6, 6.07) is 9.94. The molecule has 0 atom stereocenters. The van der Waals surface area contributed by atoms with Gasteiger partial charge in [0.15, 0.2) is 10.5 Å². The Morgan fingerprint density at radius 3 is 2.89 bits per heavy atom. The minimum Gasteiger partial charge on any atom is -0.483 e. The van der Waals surface area contributed by atoms with E-state index in [-0.39, 0.29) is 0 Å². The van der Waals surface area contributed by atoms with Gasteiger partial charge in [-0.15, -0.1) is 10.2 Å². The third kappa shape index (κ3) is 2.06. The van der Waals surface area contributed by atoms with Gasteiger partial charge in [0.2, 0.25) is 5.65 Å². The van der Waals surface area contributed by atoms with Gasteiger partial charge >= 0.3 is 0 Å². The number of rotatable bonds is 3. The molecule has 0 unspecified atom stereocenters. The molecular formula is C12H9BrN4O. The standard InChI is InChI=1S/C12H9BrN4O/c13-12-14-6-10(11-16-15-8-17(11)12)18-7-9-4-2-1-3-5-9/h1-6,8H,7H2. The van der Waals surface area contributed by atoms with Crippen LogP contribution in [0.3, 0.4) is 0 Å². The first kappa shape index (κ1) is 11.2. The third-order valence-corrected chi connectivity index (χ3v) is 3.08. The highest BCUT2D eigenvalue weighted by Crippen LogP contribution is 2.20. The molecular weight excluding hydrogens is 296 g/mol. The second-order valence-electron chi connectivity index (χ2n) is 3.69. The number of hydrogen-bond donors (Lipinski definition) is 0. The van der Waals surface area contributed by atoms with Crippen molar-refractivity contribution in [2.45, 2.75) is 6.61 Å². The fraction of sp³-hybridized carbons (Fsp3) is 0.0833. The molecule has 0 saturated carbocycles. The van der Waals surface area contributed by atoms with Crippen LogP contribution < -0.4 is 4.74 Å². The van der Waals surface area contributed by atoms with E-state index in [1.165, 1.54) is 0 Å². The van der Waals surface area contributed by atoms with Crippen molar-refractivity contribution >= 4 is 21.6 Å². The van der Waals surface area contributed by atoms with Gasteiger partial charge in [-0.1, -0.05) is 30.3 Å². The molecule has 0 saturated heterocycles. The highest BCUT2D eigenvalue weighted by Gasteiger charge is 2.08. The van der Waals surface area contributed by atoms with Crippen LogP contribution in [0.1, 0.15) is 5.56 Å². The molecule has 0 N–H and O–H groups in total. The summed E-state index contributed by atoms with van der Waals surface area (Å²) < 4.78 is 8.08. The van der Waals surface area contributed by atoms with Gasteiger partial charge in [0, 0.05) is 0 Å². The number of benzene rings is 1. The van der Waals surface area contributed by atoms with Crippen molar-refractivity contribution in [3.8, 4) is 5.75 Å². The number of nitrogens with zero attached hydrogens (tertiary/aromatic N) is 4. The van der Waals surface area contributed by atoms with E-state index in [0.29, 0.717) is 22.7 Å². The largest absolute Gasteiger partial charge is 0.483 e. The molecule has 0 spiro atoms. The first-order valence-corrected chi connectivity index (χ1v) is 6.15. The van der Waals surface area contributed by atoms with Crippen LogP contribution in [-0.2, 0) is 6.61 Å². The lowest BCUT2D eigenvalue weighted by Crippen LogP contribution is -1.99. The average Bonchev–Trinajstić information content (AvgIpc) is 2.90. The summed E-state index contributed by atoms with van der Waals surface area (Å²) in [6.07, 6.45) is 3.22. The van der Waals surface area contributed by atoms with Crippen LogP contribution in [0.15, 0.2) is 47.6 Å². The molecule has 0 amide bonds. The molecule has 3 rings (SSSR count). The Kier molecular flexibility index (Phi) is 2.93. The maximum absolute atomic E-state index is 5.71. The predicted octanol–water partition coefficient (Wildman–Crippen LogP) is 2.47. The van der Waals surface area contributed by atoms with E-state index in [4.69, 9.17) is 4.74 Å². The Hall–Kier alpha value is -1.95. The predicted molar refractivity (Wildman–Crippen MR) is 69.3 cm³/mol. The minimum atomic E-state index is 0.479. The summed E-state index contributed by atoms with van der Waals surface area (Å²) in [5.74, 6) is 0.611. The van der Waals surface area contributed by atoms with E-state index in [0.717, 1.165) is 5.56 Å². The number of halogens is 1. The molecule has 6 heteroatoms. The van der Waals surface area contributed by atoms with Gasteiger partial charge in [0.25, 0.3) is 0 Å². The summed E-state index contributed by atoms with van der Waals surface area (Å²) in [7, 11) is 0. The number of ether oxygens (including phenoxy) is 1. The van der Waals surface area contributed by atoms with Crippen LogP contribution in [0.2, 0.25) is 0 Å². The third-order valence-electron chi connectivity index (χ3n) is 2.49. The van der Waals surface area contributed by atoms with Crippen LogP contribution in [0.4, 0.5) is 0 Å². The average molecular weight is 305 g/mol. The van der Waals surface area contributed by atoms with Gasteiger partial charge in [-0.05, 0) is 21.5 Å². The van der Waals surface area contributed by atoms with Crippen LogP contribution in [0, 0.1) is 0 Å². The van der Waals surface area contributed by atoms with E-state index >= 15 is 0 Å². The van der Waals surface area contributed by atoms with Gasteiger partial charge in [-0.2, -0.15) is 0 Å². The second kappa shape index (κ2) is 4.73. The first-order chi connectivity index (χ1) is 8.84. The number of hydrogen-bond acceptors (Lipinski definition) is 4. The van der Waals surface area contributed by atoms with E-state index < -0.39 is 0 Å². The smallest absolute Gasteiger partial charge is 0.206 e. The van der Waals surface area contributed by atoms with E-state index in [9.17, 15) is 0 Å². The first-order valence-electron chi connectivity index (χ1n) is 5.35. The number of fused-ring (bicyclic) bond motifs is 1. The summed E-state index contributed by atoms with van der Waals surface area (Å²) in [6.45, 7) is 0.479. The Labute approximate surface area is 112 Å². The van der Waals surface area contributed by atoms with E-state index in [1.54, 1.807) is 16.9 Å². The van der Waals surface area contributed by atoms with Gasteiger partial charge in [0.1, 0.15) is 12.9 Å². The summed E-state index contributed by atoms with van der Waals surface area (Å²) in [5.41, 5.74) is 1.74.